The summed E-state index contributed by atoms with van der Waals surface area (Å²) in [4.78, 5) is 15.2. The van der Waals surface area contributed by atoms with Gasteiger partial charge in [0.15, 0.2) is 17.6 Å². The number of oxazole rings is 1. The first-order valence-electron chi connectivity index (χ1n) is 7.05. The van der Waals surface area contributed by atoms with Gasteiger partial charge in [-0.2, -0.15) is 0 Å². The van der Waals surface area contributed by atoms with Crippen LogP contribution in [0.15, 0.2) is 57.4 Å². The molecule has 0 saturated heterocycles. The summed E-state index contributed by atoms with van der Waals surface area (Å²) >= 11 is 12.0. The predicted octanol–water partition coefficient (Wildman–Crippen LogP) is 5.87. The summed E-state index contributed by atoms with van der Waals surface area (Å²) in [6.45, 7) is 0. The van der Waals surface area contributed by atoms with Crippen molar-refractivity contribution in [2.24, 2.45) is 0 Å². The fraction of sp³-hybridized carbons (Fsp3) is 0. The third-order valence-electron chi connectivity index (χ3n) is 3.58. The number of carbonyl (C=O) groups excluding carboxylic acids is 1. The van der Waals surface area contributed by atoms with Gasteiger partial charge in [-0.1, -0.05) is 23.2 Å². The van der Waals surface area contributed by atoms with E-state index in [2.05, 4.69) is 4.98 Å². The second-order valence-corrected chi connectivity index (χ2v) is 5.96. The first-order valence-corrected chi connectivity index (χ1v) is 7.81. The van der Waals surface area contributed by atoms with Crippen molar-refractivity contribution in [3.05, 3.63) is 64.3 Å². The van der Waals surface area contributed by atoms with Crippen molar-refractivity contribution < 1.29 is 13.6 Å². The number of fused-ring (bicyclic) bond motifs is 1. The maximum Gasteiger partial charge on any atom is 0.227 e. The van der Waals surface area contributed by atoms with E-state index < -0.39 is 0 Å². The Morgan fingerprint density at radius 2 is 1.71 bits per heavy atom. The Balaban J connectivity index is 1.78. The molecule has 0 unspecified atom stereocenters. The minimum Gasteiger partial charge on any atom is -0.453 e. The van der Waals surface area contributed by atoms with Gasteiger partial charge in [0.1, 0.15) is 11.3 Å². The molecule has 0 atom stereocenters. The van der Waals surface area contributed by atoms with E-state index in [9.17, 15) is 4.79 Å². The lowest BCUT2D eigenvalue weighted by atomic mass is 10.1. The van der Waals surface area contributed by atoms with Gasteiger partial charge in [0, 0.05) is 11.1 Å². The smallest absolute Gasteiger partial charge is 0.227 e. The fourth-order valence-corrected chi connectivity index (χ4v) is 2.70. The third kappa shape index (κ3) is 2.60. The lowest BCUT2D eigenvalue weighted by Crippen LogP contribution is -1.78. The molecule has 2 aromatic heterocycles. The zero-order valence-electron chi connectivity index (χ0n) is 12.1. The van der Waals surface area contributed by atoms with Gasteiger partial charge in [-0.25, -0.2) is 4.98 Å². The van der Waals surface area contributed by atoms with Gasteiger partial charge in [-0.05, 0) is 48.5 Å². The van der Waals surface area contributed by atoms with Crippen molar-refractivity contribution in [2.75, 3.05) is 0 Å². The van der Waals surface area contributed by atoms with Crippen molar-refractivity contribution in [1.82, 2.24) is 4.98 Å². The largest absolute Gasteiger partial charge is 0.453 e. The summed E-state index contributed by atoms with van der Waals surface area (Å²) in [7, 11) is 0. The van der Waals surface area contributed by atoms with Crippen LogP contribution in [0, 0.1) is 0 Å². The molecule has 0 aliphatic carbocycles. The van der Waals surface area contributed by atoms with Crippen LogP contribution in [0.2, 0.25) is 10.0 Å². The number of rotatable bonds is 3. The fourth-order valence-electron chi connectivity index (χ4n) is 2.40. The number of hydrogen-bond donors (Lipinski definition) is 0. The van der Waals surface area contributed by atoms with E-state index in [1.807, 2.05) is 18.2 Å². The number of halogens is 2. The highest BCUT2D eigenvalue weighted by Crippen LogP contribution is 2.32. The number of aromatic nitrogens is 1. The Morgan fingerprint density at radius 3 is 2.46 bits per heavy atom. The highest BCUT2D eigenvalue weighted by molar-refractivity contribution is 6.42. The topological polar surface area (TPSA) is 56.2 Å². The Bertz CT molecular complexity index is 1070. The van der Waals surface area contributed by atoms with Crippen molar-refractivity contribution in [2.45, 2.75) is 0 Å². The van der Waals surface area contributed by atoms with Crippen LogP contribution in [0.25, 0.3) is 33.9 Å². The number of furan rings is 1. The molecule has 0 radical (unpaired) electrons. The van der Waals surface area contributed by atoms with Gasteiger partial charge in [-0.15, -0.1) is 0 Å². The summed E-state index contributed by atoms with van der Waals surface area (Å²) in [5.41, 5.74) is 2.87. The second kappa shape index (κ2) is 5.82. The summed E-state index contributed by atoms with van der Waals surface area (Å²) in [6.07, 6.45) is 0.667. The molecule has 0 saturated carbocycles. The SMILES string of the molecule is O=Cc1ccc(-c2ccc3oc(-c4ccc(Cl)c(Cl)c4)nc3c2)o1. The molecular formula is C18H9Cl2NO3. The number of carbonyl (C=O) groups is 1. The first kappa shape index (κ1) is 15.0. The summed E-state index contributed by atoms with van der Waals surface area (Å²) in [5.74, 6) is 1.33. The molecule has 0 N–H and O–H groups in total. The van der Waals surface area contributed by atoms with Crippen molar-refractivity contribution in [3.63, 3.8) is 0 Å². The highest BCUT2D eigenvalue weighted by Gasteiger charge is 2.12. The zero-order chi connectivity index (χ0) is 16.7. The molecule has 4 nitrogen and oxygen atoms in total. The molecule has 0 bridgehead atoms. The van der Waals surface area contributed by atoms with Gasteiger partial charge in [0.05, 0.1) is 10.0 Å². The molecular weight excluding hydrogens is 349 g/mol. The summed E-state index contributed by atoms with van der Waals surface area (Å²) < 4.78 is 11.2. The molecule has 0 spiro atoms. The Kier molecular flexibility index (Phi) is 3.63. The van der Waals surface area contributed by atoms with E-state index in [0.717, 1.165) is 11.1 Å². The Morgan fingerprint density at radius 1 is 0.875 bits per heavy atom. The maximum absolute atomic E-state index is 10.7. The van der Waals surface area contributed by atoms with E-state index in [-0.39, 0.29) is 5.76 Å². The number of nitrogens with zero attached hydrogens (tertiary/aromatic N) is 1. The van der Waals surface area contributed by atoms with Crippen LogP contribution in [-0.4, -0.2) is 11.3 Å². The summed E-state index contributed by atoms with van der Waals surface area (Å²) in [5, 5.41) is 0.914. The monoisotopic (exact) mass is 357 g/mol. The average Bonchev–Trinajstić information content (AvgIpc) is 3.22. The zero-order valence-corrected chi connectivity index (χ0v) is 13.6. The van der Waals surface area contributed by atoms with Crippen LogP contribution in [-0.2, 0) is 0 Å². The van der Waals surface area contributed by atoms with E-state index in [1.54, 1.807) is 30.3 Å². The molecule has 0 fully saturated rings. The molecule has 4 aromatic rings. The molecule has 4 rings (SSSR count). The minimum atomic E-state index is 0.279. The minimum absolute atomic E-state index is 0.279. The Hall–Kier alpha value is -2.56. The Labute approximate surface area is 146 Å². The van der Waals surface area contributed by atoms with Crippen LogP contribution >= 0.6 is 23.2 Å². The van der Waals surface area contributed by atoms with Gasteiger partial charge < -0.3 is 8.83 Å². The number of hydrogen-bond acceptors (Lipinski definition) is 4. The van der Waals surface area contributed by atoms with Crippen molar-refractivity contribution >= 4 is 40.6 Å². The van der Waals surface area contributed by atoms with E-state index in [1.165, 1.54) is 0 Å². The average molecular weight is 358 g/mol. The van der Waals surface area contributed by atoms with Crippen LogP contribution in [0.1, 0.15) is 10.6 Å². The first-order chi connectivity index (χ1) is 11.6. The predicted molar refractivity (Wildman–Crippen MR) is 92.6 cm³/mol. The van der Waals surface area contributed by atoms with Crippen molar-refractivity contribution in [1.29, 1.82) is 0 Å². The molecule has 0 aliphatic rings. The van der Waals surface area contributed by atoms with Gasteiger partial charge in [0.25, 0.3) is 0 Å². The van der Waals surface area contributed by atoms with Gasteiger partial charge in [0.2, 0.25) is 5.89 Å². The van der Waals surface area contributed by atoms with Gasteiger partial charge >= 0.3 is 0 Å². The lowest BCUT2D eigenvalue weighted by molar-refractivity contribution is 0.110. The standard InChI is InChI=1S/C18H9Cl2NO3/c19-13-4-1-11(7-14(13)20)18-21-15-8-10(2-5-17(15)24-18)16-6-3-12(9-22)23-16/h1-9H. The molecule has 2 aromatic carbocycles. The third-order valence-corrected chi connectivity index (χ3v) is 4.32. The van der Waals surface area contributed by atoms with Crippen molar-refractivity contribution in [3.8, 4) is 22.8 Å². The van der Waals surface area contributed by atoms with Crippen LogP contribution in [0.4, 0.5) is 0 Å². The highest BCUT2D eigenvalue weighted by atomic mass is 35.5. The quantitative estimate of drug-likeness (QED) is 0.430. The number of aldehydes is 1. The van der Waals surface area contributed by atoms with E-state index >= 15 is 0 Å². The van der Waals surface area contributed by atoms with E-state index in [4.69, 9.17) is 32.0 Å². The molecule has 118 valence electrons. The van der Waals surface area contributed by atoms with E-state index in [0.29, 0.717) is 39.1 Å². The number of benzene rings is 2. The second-order valence-electron chi connectivity index (χ2n) is 5.15. The van der Waals surface area contributed by atoms with Crippen LogP contribution in [0.3, 0.4) is 0 Å². The lowest BCUT2D eigenvalue weighted by Gasteiger charge is -1.97. The molecule has 6 heteroatoms. The van der Waals surface area contributed by atoms with Crippen LogP contribution in [0.5, 0.6) is 0 Å². The molecule has 24 heavy (non-hydrogen) atoms. The maximum atomic E-state index is 10.7. The molecule has 2 heterocycles. The van der Waals surface area contributed by atoms with Crippen LogP contribution < -0.4 is 0 Å². The normalized spacial score (nSPS) is 11.1. The summed E-state index contributed by atoms with van der Waals surface area (Å²) in [6, 6.07) is 14.1. The molecule has 0 aliphatic heterocycles. The molecule has 0 amide bonds. The van der Waals surface area contributed by atoms with Gasteiger partial charge in [-0.3, -0.25) is 4.79 Å².